The van der Waals surface area contributed by atoms with Gasteiger partial charge in [-0.05, 0) is 72.7 Å². The Kier molecular flexibility index (Phi) is 10.6. The fourth-order valence-electron chi connectivity index (χ4n) is 5.27. The van der Waals surface area contributed by atoms with Crippen molar-refractivity contribution >= 4 is 17.2 Å². The molecular formula is C34H39FN4O5. The quantitative estimate of drug-likeness (QED) is 0.225. The number of amides is 1. The molecule has 10 heteroatoms. The van der Waals surface area contributed by atoms with Crippen LogP contribution >= 0.6 is 0 Å². The summed E-state index contributed by atoms with van der Waals surface area (Å²) in [4.78, 5) is 29.3. The average Bonchev–Trinajstić information content (AvgIpc) is 3.00. The highest BCUT2D eigenvalue weighted by atomic mass is 19.1. The van der Waals surface area contributed by atoms with Gasteiger partial charge in [-0.15, -0.1) is 0 Å². The predicted molar refractivity (Wildman–Crippen MR) is 170 cm³/mol. The number of hydrogen-bond donors (Lipinski definition) is 3. The van der Waals surface area contributed by atoms with Crippen molar-refractivity contribution in [1.29, 1.82) is 0 Å². The Morgan fingerprint density at radius 3 is 2.59 bits per heavy atom. The van der Waals surface area contributed by atoms with Gasteiger partial charge in [-0.25, -0.2) is 9.37 Å². The van der Waals surface area contributed by atoms with Crippen LogP contribution in [0.3, 0.4) is 0 Å². The van der Waals surface area contributed by atoms with Gasteiger partial charge >= 0.3 is 0 Å². The normalized spacial score (nSPS) is 17.6. The fourth-order valence-corrected chi connectivity index (χ4v) is 5.27. The first-order valence-electron chi connectivity index (χ1n) is 14.3. The number of nitrogens with one attached hydrogen (secondary N) is 2. The van der Waals surface area contributed by atoms with Gasteiger partial charge in [-0.3, -0.25) is 9.59 Å². The lowest BCUT2D eigenvalue weighted by Crippen LogP contribution is -2.47. The minimum Gasteiger partial charge on any atom is -0.496 e. The molecule has 2 heterocycles. The molecular weight excluding hydrogens is 563 g/mol. The lowest BCUT2D eigenvalue weighted by molar-refractivity contribution is -0.0270. The Bertz CT molecular complexity index is 1670. The lowest BCUT2D eigenvalue weighted by atomic mass is 9.90. The SMILES string of the molecule is C=C(/C=C(OC)\C(CN[C@@H]1CCOC[C@@H]1O)=C(/C)F)c1cccc(-c2cccc(NC(=O)c3cncn(C)c3=O)c2C)c1C. The number of allylic oxidation sites excluding steroid dienone is 3. The molecule has 0 spiro atoms. The van der Waals surface area contributed by atoms with Crippen LogP contribution in [0, 0.1) is 13.8 Å². The second-order valence-electron chi connectivity index (χ2n) is 10.8. The van der Waals surface area contributed by atoms with Gasteiger partial charge in [0.1, 0.15) is 17.1 Å². The number of carbonyl (C=O) groups is 1. The third-order valence-electron chi connectivity index (χ3n) is 7.90. The van der Waals surface area contributed by atoms with E-state index in [1.54, 1.807) is 12.1 Å². The average molecular weight is 603 g/mol. The molecule has 0 saturated carbocycles. The molecule has 3 N–H and O–H groups in total. The first-order chi connectivity index (χ1) is 21.0. The third kappa shape index (κ3) is 7.21. The molecule has 44 heavy (non-hydrogen) atoms. The van der Waals surface area contributed by atoms with E-state index in [1.165, 1.54) is 38.2 Å². The van der Waals surface area contributed by atoms with E-state index in [1.807, 2.05) is 44.2 Å². The van der Waals surface area contributed by atoms with Crippen LogP contribution in [0.2, 0.25) is 0 Å². The molecule has 2 atom stereocenters. The zero-order chi connectivity index (χ0) is 32.0. The summed E-state index contributed by atoms with van der Waals surface area (Å²) in [5, 5.41) is 16.3. The van der Waals surface area contributed by atoms with E-state index in [0.29, 0.717) is 35.6 Å². The minimum atomic E-state index is -0.668. The number of halogens is 1. The third-order valence-corrected chi connectivity index (χ3v) is 7.90. The van der Waals surface area contributed by atoms with Crippen molar-refractivity contribution in [3.8, 4) is 11.1 Å². The summed E-state index contributed by atoms with van der Waals surface area (Å²) in [6.07, 6.45) is 4.28. The van der Waals surface area contributed by atoms with Gasteiger partial charge in [-0.1, -0.05) is 36.9 Å². The van der Waals surface area contributed by atoms with Gasteiger partial charge in [0.05, 0.1) is 26.1 Å². The number of rotatable bonds is 10. The van der Waals surface area contributed by atoms with E-state index in [2.05, 4.69) is 22.2 Å². The van der Waals surface area contributed by atoms with Crippen LogP contribution in [-0.2, 0) is 16.5 Å². The van der Waals surface area contributed by atoms with Gasteiger partial charge in [-0.2, -0.15) is 0 Å². The Balaban J connectivity index is 1.61. The van der Waals surface area contributed by atoms with E-state index >= 15 is 0 Å². The summed E-state index contributed by atoms with van der Waals surface area (Å²) in [7, 11) is 3.02. The van der Waals surface area contributed by atoms with Crippen LogP contribution in [0.5, 0.6) is 0 Å². The molecule has 9 nitrogen and oxygen atoms in total. The molecule has 3 aromatic rings. The highest BCUT2D eigenvalue weighted by Crippen LogP contribution is 2.35. The van der Waals surface area contributed by atoms with E-state index in [-0.39, 0.29) is 24.8 Å². The second kappa shape index (κ2) is 14.4. The molecule has 1 aliphatic rings. The zero-order valence-electron chi connectivity index (χ0n) is 25.7. The van der Waals surface area contributed by atoms with Crippen molar-refractivity contribution < 1.29 is 23.8 Å². The van der Waals surface area contributed by atoms with Crippen LogP contribution < -0.4 is 16.2 Å². The Morgan fingerprint density at radius 1 is 1.20 bits per heavy atom. The number of aliphatic hydroxyl groups is 1. The van der Waals surface area contributed by atoms with E-state index in [4.69, 9.17) is 9.47 Å². The van der Waals surface area contributed by atoms with Gasteiger partial charge in [0, 0.05) is 43.7 Å². The van der Waals surface area contributed by atoms with Gasteiger partial charge in [0.15, 0.2) is 0 Å². The molecule has 1 fully saturated rings. The summed E-state index contributed by atoms with van der Waals surface area (Å²) < 4.78 is 26.9. The first kappa shape index (κ1) is 32.5. The number of aryl methyl sites for hydroxylation is 1. The van der Waals surface area contributed by atoms with Crippen LogP contribution in [0.25, 0.3) is 16.7 Å². The van der Waals surface area contributed by atoms with Crippen molar-refractivity contribution in [2.75, 3.05) is 32.2 Å². The summed E-state index contributed by atoms with van der Waals surface area (Å²) in [6.45, 7) is 10.5. The zero-order valence-corrected chi connectivity index (χ0v) is 25.7. The molecule has 0 aliphatic carbocycles. The van der Waals surface area contributed by atoms with Crippen molar-refractivity contribution in [1.82, 2.24) is 14.9 Å². The Hall–Kier alpha value is -4.38. The highest BCUT2D eigenvalue weighted by Gasteiger charge is 2.24. The largest absolute Gasteiger partial charge is 0.496 e. The molecule has 232 valence electrons. The molecule has 1 aliphatic heterocycles. The standard InChI is InChI=1S/C34H39FN4O5/c1-20(15-32(43-6)27(23(4)35)17-37-30-13-14-44-18-31(30)40)24-9-7-10-25(21(24)2)26-11-8-12-29(22(26)3)38-33(41)28-16-36-19-39(5)34(28)42/h7-12,15-16,19,30-31,37,40H,1,13-14,17-18H2,2-6H3,(H,38,41)/b27-23+,32-15+/t30-,31+/m1/s1. The predicted octanol–water partition coefficient (Wildman–Crippen LogP) is 4.84. The van der Waals surface area contributed by atoms with Gasteiger partial charge < -0.3 is 29.8 Å². The molecule has 1 amide bonds. The van der Waals surface area contributed by atoms with Crippen LogP contribution in [0.4, 0.5) is 10.1 Å². The lowest BCUT2D eigenvalue weighted by Gasteiger charge is -2.29. The summed E-state index contributed by atoms with van der Waals surface area (Å²) in [5.41, 5.74) is 5.46. The Labute approximate surface area is 256 Å². The van der Waals surface area contributed by atoms with Crippen LogP contribution in [-0.4, -0.2) is 59.6 Å². The second-order valence-corrected chi connectivity index (χ2v) is 10.8. The molecule has 0 unspecified atom stereocenters. The van der Waals surface area contributed by atoms with E-state index in [0.717, 1.165) is 27.8 Å². The number of nitrogens with zero attached hydrogens (tertiary/aromatic N) is 2. The molecule has 1 aromatic heterocycles. The molecule has 0 radical (unpaired) electrons. The van der Waals surface area contributed by atoms with Gasteiger partial charge in [0.2, 0.25) is 0 Å². The van der Waals surface area contributed by atoms with Crippen molar-refractivity contribution in [2.45, 2.75) is 39.3 Å². The summed E-state index contributed by atoms with van der Waals surface area (Å²) in [6, 6.07) is 11.2. The first-order valence-corrected chi connectivity index (χ1v) is 14.3. The monoisotopic (exact) mass is 602 g/mol. The number of ether oxygens (including phenoxy) is 2. The fraction of sp³-hybridized carbons (Fsp3) is 0.324. The van der Waals surface area contributed by atoms with Crippen molar-refractivity contribution in [3.05, 3.63) is 111 Å². The number of methoxy groups -OCH3 is 1. The maximum atomic E-state index is 14.7. The van der Waals surface area contributed by atoms with Crippen molar-refractivity contribution in [3.63, 3.8) is 0 Å². The minimum absolute atomic E-state index is 0.0499. The number of aromatic nitrogens is 2. The number of aliphatic hydroxyl groups excluding tert-OH is 1. The van der Waals surface area contributed by atoms with Crippen molar-refractivity contribution in [2.24, 2.45) is 7.05 Å². The van der Waals surface area contributed by atoms with Gasteiger partial charge in [0.25, 0.3) is 11.5 Å². The van der Waals surface area contributed by atoms with E-state index in [9.17, 15) is 19.1 Å². The van der Waals surface area contributed by atoms with Crippen LogP contribution in [0.1, 0.15) is 40.4 Å². The molecule has 1 saturated heterocycles. The topological polar surface area (TPSA) is 115 Å². The smallest absolute Gasteiger partial charge is 0.265 e. The summed E-state index contributed by atoms with van der Waals surface area (Å²) in [5.74, 6) is -0.608. The number of benzene rings is 2. The summed E-state index contributed by atoms with van der Waals surface area (Å²) >= 11 is 0. The maximum absolute atomic E-state index is 14.7. The highest BCUT2D eigenvalue weighted by molar-refractivity contribution is 6.04. The Morgan fingerprint density at radius 2 is 1.91 bits per heavy atom. The molecule has 2 aromatic carbocycles. The van der Waals surface area contributed by atoms with E-state index < -0.39 is 23.4 Å². The maximum Gasteiger partial charge on any atom is 0.265 e. The number of anilines is 1. The molecule has 0 bridgehead atoms. The molecule has 4 rings (SSSR count). The number of carbonyl (C=O) groups excluding carboxylic acids is 1. The van der Waals surface area contributed by atoms with Crippen LogP contribution in [0.15, 0.2) is 83.5 Å². The number of hydrogen-bond acceptors (Lipinski definition) is 7.